The zero-order chi connectivity index (χ0) is 13.1. The normalized spacial score (nSPS) is 29.9. The Balaban J connectivity index is 2.71. The molecule has 3 atom stereocenters. The van der Waals surface area contributed by atoms with Crippen LogP contribution in [0.25, 0.3) is 0 Å². The molecule has 0 saturated carbocycles. The lowest BCUT2D eigenvalue weighted by atomic mass is 9.94. The van der Waals surface area contributed by atoms with E-state index in [1.807, 2.05) is 20.8 Å². The summed E-state index contributed by atoms with van der Waals surface area (Å²) in [6, 6.07) is 0. The minimum atomic E-state index is -0.784. The summed E-state index contributed by atoms with van der Waals surface area (Å²) in [7, 11) is 0. The Morgan fingerprint density at radius 3 is 2.76 bits per heavy atom. The third-order valence-corrected chi connectivity index (χ3v) is 3.35. The van der Waals surface area contributed by atoms with Gasteiger partial charge >= 0.3 is 11.9 Å². The molecular formula is C13H22O4. The van der Waals surface area contributed by atoms with Crippen molar-refractivity contribution in [1.29, 1.82) is 0 Å². The third kappa shape index (κ3) is 3.20. The fraction of sp³-hybridized carbons (Fsp3) is 0.846. The molecule has 1 aliphatic rings. The molecule has 1 fully saturated rings. The van der Waals surface area contributed by atoms with Gasteiger partial charge in [-0.3, -0.25) is 9.59 Å². The standard InChI is InChI=1S/C13H22O4/c1-5-7-10-13(4,8-11(14)16-10)17-12(15)9(3)6-2/h9-10H,5-8H2,1-4H3. The first-order valence-corrected chi connectivity index (χ1v) is 6.35. The van der Waals surface area contributed by atoms with E-state index in [9.17, 15) is 9.59 Å². The Morgan fingerprint density at radius 1 is 1.59 bits per heavy atom. The lowest BCUT2D eigenvalue weighted by Gasteiger charge is -2.29. The topological polar surface area (TPSA) is 52.6 Å². The van der Waals surface area contributed by atoms with Crippen LogP contribution in [0.2, 0.25) is 0 Å². The van der Waals surface area contributed by atoms with Crippen molar-refractivity contribution >= 4 is 11.9 Å². The van der Waals surface area contributed by atoms with Crippen molar-refractivity contribution in [2.24, 2.45) is 5.92 Å². The maximum Gasteiger partial charge on any atom is 0.310 e. The van der Waals surface area contributed by atoms with Crippen LogP contribution >= 0.6 is 0 Å². The molecule has 1 rings (SSSR count). The smallest absolute Gasteiger partial charge is 0.310 e. The maximum absolute atomic E-state index is 11.8. The highest BCUT2D eigenvalue weighted by Gasteiger charge is 2.48. The number of rotatable bonds is 5. The second-order valence-corrected chi connectivity index (χ2v) is 4.99. The predicted molar refractivity (Wildman–Crippen MR) is 63.4 cm³/mol. The molecule has 1 heterocycles. The molecule has 3 unspecified atom stereocenters. The summed E-state index contributed by atoms with van der Waals surface area (Å²) in [6.45, 7) is 7.58. The van der Waals surface area contributed by atoms with Crippen molar-refractivity contribution in [2.45, 2.75) is 65.1 Å². The van der Waals surface area contributed by atoms with Gasteiger partial charge in [-0.05, 0) is 19.8 Å². The van der Waals surface area contributed by atoms with E-state index < -0.39 is 5.60 Å². The third-order valence-electron chi connectivity index (χ3n) is 3.35. The van der Waals surface area contributed by atoms with E-state index >= 15 is 0 Å². The molecule has 1 aliphatic heterocycles. The summed E-state index contributed by atoms with van der Waals surface area (Å²) in [6.07, 6.45) is 2.24. The van der Waals surface area contributed by atoms with Crippen molar-refractivity contribution in [3.8, 4) is 0 Å². The average Bonchev–Trinajstić information content (AvgIpc) is 2.53. The van der Waals surface area contributed by atoms with Gasteiger partial charge in [0.25, 0.3) is 0 Å². The molecule has 4 nitrogen and oxygen atoms in total. The summed E-state index contributed by atoms with van der Waals surface area (Å²) in [5, 5.41) is 0. The second kappa shape index (κ2) is 5.52. The summed E-state index contributed by atoms with van der Waals surface area (Å²) < 4.78 is 10.7. The number of carbonyl (C=O) groups excluding carboxylic acids is 2. The number of ether oxygens (including phenoxy) is 2. The Bertz CT molecular complexity index is 300. The van der Waals surface area contributed by atoms with Crippen LogP contribution in [-0.2, 0) is 19.1 Å². The van der Waals surface area contributed by atoms with Crippen molar-refractivity contribution in [3.63, 3.8) is 0 Å². The molecule has 0 aliphatic carbocycles. The maximum atomic E-state index is 11.8. The van der Waals surface area contributed by atoms with Gasteiger partial charge in [0.15, 0.2) is 5.60 Å². The molecule has 0 radical (unpaired) electrons. The molecule has 0 bridgehead atoms. The highest BCUT2D eigenvalue weighted by atomic mass is 16.6. The van der Waals surface area contributed by atoms with Crippen LogP contribution in [0, 0.1) is 5.92 Å². The predicted octanol–water partition coefficient (Wildman–Crippen LogP) is 2.45. The molecule has 0 spiro atoms. The Hall–Kier alpha value is -1.06. The van der Waals surface area contributed by atoms with Crippen LogP contribution in [-0.4, -0.2) is 23.6 Å². The summed E-state index contributed by atoms with van der Waals surface area (Å²) in [5.41, 5.74) is -0.784. The van der Waals surface area contributed by atoms with Gasteiger partial charge in [-0.1, -0.05) is 27.2 Å². The van der Waals surface area contributed by atoms with Crippen molar-refractivity contribution in [1.82, 2.24) is 0 Å². The molecule has 1 saturated heterocycles. The number of esters is 2. The van der Waals surface area contributed by atoms with Gasteiger partial charge in [0, 0.05) is 0 Å². The molecule has 0 aromatic carbocycles. The van der Waals surface area contributed by atoms with E-state index in [4.69, 9.17) is 9.47 Å². The van der Waals surface area contributed by atoms with E-state index in [2.05, 4.69) is 0 Å². The zero-order valence-corrected chi connectivity index (χ0v) is 11.1. The largest absolute Gasteiger partial charge is 0.458 e. The van der Waals surface area contributed by atoms with Crippen LogP contribution in [0.1, 0.15) is 53.4 Å². The molecule has 98 valence electrons. The fourth-order valence-electron chi connectivity index (χ4n) is 1.95. The Kier molecular flexibility index (Phi) is 4.54. The van der Waals surface area contributed by atoms with E-state index in [1.54, 1.807) is 6.92 Å². The monoisotopic (exact) mass is 242 g/mol. The van der Waals surface area contributed by atoms with E-state index in [0.717, 1.165) is 19.3 Å². The average molecular weight is 242 g/mol. The van der Waals surface area contributed by atoms with Gasteiger partial charge in [0.05, 0.1) is 12.3 Å². The van der Waals surface area contributed by atoms with Crippen LogP contribution in [0.4, 0.5) is 0 Å². The van der Waals surface area contributed by atoms with Crippen molar-refractivity contribution in [3.05, 3.63) is 0 Å². The van der Waals surface area contributed by atoms with Crippen LogP contribution in [0.5, 0.6) is 0 Å². The SMILES string of the molecule is CCCC1OC(=O)CC1(C)OC(=O)C(C)CC. The van der Waals surface area contributed by atoms with Gasteiger partial charge in [-0.25, -0.2) is 0 Å². The highest BCUT2D eigenvalue weighted by Crippen LogP contribution is 2.34. The molecule has 0 N–H and O–H groups in total. The molecule has 17 heavy (non-hydrogen) atoms. The molecule has 4 heteroatoms. The van der Waals surface area contributed by atoms with Gasteiger partial charge in [-0.15, -0.1) is 0 Å². The number of hydrogen-bond acceptors (Lipinski definition) is 4. The van der Waals surface area contributed by atoms with E-state index in [-0.39, 0.29) is 30.4 Å². The minimum Gasteiger partial charge on any atom is -0.458 e. The summed E-state index contributed by atoms with van der Waals surface area (Å²) in [4.78, 5) is 23.2. The number of cyclic esters (lactones) is 1. The van der Waals surface area contributed by atoms with E-state index in [1.165, 1.54) is 0 Å². The Morgan fingerprint density at radius 2 is 2.24 bits per heavy atom. The van der Waals surface area contributed by atoms with Crippen molar-refractivity contribution < 1.29 is 19.1 Å². The van der Waals surface area contributed by atoms with Crippen LogP contribution < -0.4 is 0 Å². The van der Waals surface area contributed by atoms with Crippen molar-refractivity contribution in [2.75, 3.05) is 0 Å². The lowest BCUT2D eigenvalue weighted by Crippen LogP contribution is -2.41. The van der Waals surface area contributed by atoms with E-state index in [0.29, 0.717) is 0 Å². The first-order chi connectivity index (χ1) is 7.92. The van der Waals surface area contributed by atoms with Crippen LogP contribution in [0.15, 0.2) is 0 Å². The molecule has 0 aromatic heterocycles. The summed E-state index contributed by atoms with van der Waals surface area (Å²) >= 11 is 0. The molecule has 0 amide bonds. The quantitative estimate of drug-likeness (QED) is 0.695. The van der Waals surface area contributed by atoms with Gasteiger partial charge < -0.3 is 9.47 Å². The highest BCUT2D eigenvalue weighted by molar-refractivity contribution is 5.77. The molecular weight excluding hydrogens is 220 g/mol. The Labute approximate surface area is 103 Å². The van der Waals surface area contributed by atoms with Crippen LogP contribution in [0.3, 0.4) is 0 Å². The zero-order valence-electron chi connectivity index (χ0n) is 11.1. The van der Waals surface area contributed by atoms with Gasteiger partial charge in [0.2, 0.25) is 0 Å². The molecule has 0 aromatic rings. The fourth-order valence-corrected chi connectivity index (χ4v) is 1.95. The number of carbonyl (C=O) groups is 2. The first-order valence-electron chi connectivity index (χ1n) is 6.35. The van der Waals surface area contributed by atoms with Gasteiger partial charge in [0.1, 0.15) is 6.10 Å². The van der Waals surface area contributed by atoms with Gasteiger partial charge in [-0.2, -0.15) is 0 Å². The number of hydrogen-bond donors (Lipinski definition) is 0. The summed E-state index contributed by atoms with van der Waals surface area (Å²) in [5.74, 6) is -0.651. The first kappa shape index (κ1) is 14.0. The lowest BCUT2D eigenvalue weighted by molar-refractivity contribution is -0.169. The second-order valence-electron chi connectivity index (χ2n) is 4.99. The minimum absolute atomic E-state index is 0.134.